The van der Waals surface area contributed by atoms with Gasteiger partial charge in [-0.25, -0.2) is 0 Å². The summed E-state index contributed by atoms with van der Waals surface area (Å²) in [6.07, 6.45) is 0. The van der Waals surface area contributed by atoms with Crippen LogP contribution in [0.4, 0.5) is 0 Å². The smallest absolute Gasteiger partial charge is 0.158 e. The third kappa shape index (κ3) is 1.27. The summed E-state index contributed by atoms with van der Waals surface area (Å²) in [5, 5.41) is 20.4. The summed E-state index contributed by atoms with van der Waals surface area (Å²) in [6.45, 7) is 3.78. The van der Waals surface area contributed by atoms with Crippen LogP contribution < -0.4 is 0 Å². The fourth-order valence-electron chi connectivity index (χ4n) is 1.61. The third-order valence-corrected chi connectivity index (χ3v) is 2.24. The molecule has 0 fully saturated rings. The van der Waals surface area contributed by atoms with Crippen LogP contribution in [-0.4, -0.2) is 15.2 Å². The molecule has 2 rings (SSSR count). The van der Waals surface area contributed by atoms with E-state index in [2.05, 4.69) is 4.98 Å². The summed E-state index contributed by atoms with van der Waals surface area (Å²) in [5.74, 6) is -0.200. The number of phenolic OH excluding ortho intramolecular Hbond substituents is 2. The average molecular weight is 189 g/mol. The molecule has 1 aromatic heterocycles. The summed E-state index contributed by atoms with van der Waals surface area (Å²) >= 11 is 0. The summed E-state index contributed by atoms with van der Waals surface area (Å²) in [4.78, 5) is 4.28. The van der Waals surface area contributed by atoms with E-state index < -0.39 is 0 Å². The van der Waals surface area contributed by atoms with Gasteiger partial charge in [-0.3, -0.25) is 4.98 Å². The van der Waals surface area contributed by atoms with Gasteiger partial charge in [-0.15, -0.1) is 0 Å². The zero-order chi connectivity index (χ0) is 10.3. The molecule has 0 atom stereocenters. The van der Waals surface area contributed by atoms with E-state index in [9.17, 15) is 10.2 Å². The van der Waals surface area contributed by atoms with Crippen molar-refractivity contribution in [2.75, 3.05) is 0 Å². The first kappa shape index (κ1) is 8.81. The monoisotopic (exact) mass is 189 g/mol. The van der Waals surface area contributed by atoms with E-state index in [1.165, 1.54) is 6.07 Å². The van der Waals surface area contributed by atoms with E-state index in [1.807, 2.05) is 19.9 Å². The van der Waals surface area contributed by atoms with Crippen molar-refractivity contribution >= 4 is 10.8 Å². The minimum atomic E-state index is -0.105. The molecule has 2 N–H and O–H groups in total. The number of nitrogens with zero attached hydrogens (tertiary/aromatic N) is 1. The molecule has 72 valence electrons. The van der Waals surface area contributed by atoms with Crippen LogP contribution in [0.25, 0.3) is 10.8 Å². The Morgan fingerprint density at radius 1 is 1.00 bits per heavy atom. The number of fused-ring (bicyclic) bond motifs is 1. The number of aryl methyl sites for hydroxylation is 2. The number of benzene rings is 1. The average Bonchev–Trinajstić information content (AvgIpc) is 2.08. The van der Waals surface area contributed by atoms with Gasteiger partial charge >= 0.3 is 0 Å². The Morgan fingerprint density at radius 3 is 2.36 bits per heavy atom. The largest absolute Gasteiger partial charge is 0.504 e. The minimum absolute atomic E-state index is 0.0949. The molecule has 0 aliphatic heterocycles. The molecule has 0 unspecified atom stereocenters. The number of hydrogen-bond acceptors (Lipinski definition) is 3. The molecular formula is C11H11NO2. The Kier molecular flexibility index (Phi) is 1.81. The zero-order valence-electron chi connectivity index (χ0n) is 8.07. The van der Waals surface area contributed by atoms with E-state index in [-0.39, 0.29) is 11.5 Å². The lowest BCUT2D eigenvalue weighted by Gasteiger charge is -2.05. The lowest BCUT2D eigenvalue weighted by Crippen LogP contribution is -1.87. The van der Waals surface area contributed by atoms with Gasteiger partial charge in [0.05, 0.1) is 0 Å². The first-order valence-electron chi connectivity index (χ1n) is 4.38. The van der Waals surface area contributed by atoms with Gasteiger partial charge in [0.1, 0.15) is 0 Å². The second-order valence-electron chi connectivity index (χ2n) is 3.41. The van der Waals surface area contributed by atoms with E-state index in [0.717, 1.165) is 22.2 Å². The lowest BCUT2D eigenvalue weighted by molar-refractivity contribution is 0.405. The van der Waals surface area contributed by atoms with Crippen molar-refractivity contribution in [2.45, 2.75) is 13.8 Å². The third-order valence-electron chi connectivity index (χ3n) is 2.24. The zero-order valence-corrected chi connectivity index (χ0v) is 8.07. The van der Waals surface area contributed by atoms with Gasteiger partial charge in [0.25, 0.3) is 0 Å². The molecule has 1 aromatic carbocycles. The minimum Gasteiger partial charge on any atom is -0.504 e. The maximum absolute atomic E-state index is 9.33. The SMILES string of the molecule is Cc1cc2cc(O)c(O)cc2c(C)n1. The molecule has 0 spiro atoms. The highest BCUT2D eigenvalue weighted by atomic mass is 16.3. The Labute approximate surface area is 81.7 Å². The predicted octanol–water partition coefficient (Wildman–Crippen LogP) is 2.26. The molecule has 0 amide bonds. The van der Waals surface area contributed by atoms with Crippen molar-refractivity contribution in [1.29, 1.82) is 0 Å². The van der Waals surface area contributed by atoms with Crippen LogP contribution in [-0.2, 0) is 0 Å². The van der Waals surface area contributed by atoms with E-state index in [4.69, 9.17) is 0 Å². The molecular weight excluding hydrogens is 178 g/mol. The van der Waals surface area contributed by atoms with Gasteiger partial charge in [0.2, 0.25) is 0 Å². The second-order valence-corrected chi connectivity index (χ2v) is 3.41. The first-order valence-corrected chi connectivity index (χ1v) is 4.38. The summed E-state index contributed by atoms with van der Waals surface area (Å²) in [5.41, 5.74) is 1.76. The van der Waals surface area contributed by atoms with Gasteiger partial charge in [0, 0.05) is 16.8 Å². The molecule has 3 nitrogen and oxygen atoms in total. The molecule has 3 heteroatoms. The van der Waals surface area contributed by atoms with E-state index in [1.54, 1.807) is 6.07 Å². The summed E-state index contributed by atoms with van der Waals surface area (Å²) in [6, 6.07) is 4.96. The van der Waals surface area contributed by atoms with Crippen LogP contribution in [0.5, 0.6) is 11.5 Å². The number of pyridine rings is 1. The highest BCUT2D eigenvalue weighted by molar-refractivity contribution is 5.87. The van der Waals surface area contributed by atoms with Crippen LogP contribution >= 0.6 is 0 Å². The Hall–Kier alpha value is -1.77. The maximum Gasteiger partial charge on any atom is 0.158 e. The maximum atomic E-state index is 9.33. The molecule has 0 saturated carbocycles. The predicted molar refractivity (Wildman–Crippen MR) is 54.5 cm³/mol. The topological polar surface area (TPSA) is 53.4 Å². The molecule has 0 aliphatic rings. The van der Waals surface area contributed by atoms with Gasteiger partial charge < -0.3 is 10.2 Å². The normalized spacial score (nSPS) is 10.7. The first-order chi connectivity index (χ1) is 6.58. The van der Waals surface area contributed by atoms with Crippen LogP contribution in [0.3, 0.4) is 0 Å². The molecule has 14 heavy (non-hydrogen) atoms. The quantitative estimate of drug-likeness (QED) is 0.625. The van der Waals surface area contributed by atoms with Crippen LogP contribution in [0.1, 0.15) is 11.4 Å². The van der Waals surface area contributed by atoms with Crippen molar-refractivity contribution < 1.29 is 10.2 Å². The molecule has 2 aromatic rings. The van der Waals surface area contributed by atoms with E-state index in [0.29, 0.717) is 0 Å². The van der Waals surface area contributed by atoms with Gasteiger partial charge in [-0.2, -0.15) is 0 Å². The Morgan fingerprint density at radius 2 is 1.64 bits per heavy atom. The number of aromatic nitrogens is 1. The number of phenols is 2. The Balaban J connectivity index is 2.89. The van der Waals surface area contributed by atoms with Gasteiger partial charge in [-0.1, -0.05) is 0 Å². The fraction of sp³-hybridized carbons (Fsp3) is 0.182. The summed E-state index contributed by atoms with van der Waals surface area (Å²) < 4.78 is 0. The highest BCUT2D eigenvalue weighted by Gasteiger charge is 2.05. The van der Waals surface area contributed by atoms with Crippen LogP contribution in [0.2, 0.25) is 0 Å². The standard InChI is InChI=1S/C11H11NO2/c1-6-3-8-4-10(13)11(14)5-9(8)7(2)12-6/h3-5,13-14H,1-2H3. The number of hydrogen-bond donors (Lipinski definition) is 2. The molecule has 1 heterocycles. The second kappa shape index (κ2) is 2.87. The fourth-order valence-corrected chi connectivity index (χ4v) is 1.61. The van der Waals surface area contributed by atoms with Crippen molar-refractivity contribution in [1.82, 2.24) is 4.98 Å². The van der Waals surface area contributed by atoms with Gasteiger partial charge in [-0.05, 0) is 37.4 Å². The number of aromatic hydroxyl groups is 2. The molecule has 0 bridgehead atoms. The summed E-state index contributed by atoms with van der Waals surface area (Å²) in [7, 11) is 0. The van der Waals surface area contributed by atoms with Crippen molar-refractivity contribution in [3.05, 3.63) is 29.6 Å². The van der Waals surface area contributed by atoms with Crippen LogP contribution in [0.15, 0.2) is 18.2 Å². The molecule has 0 saturated heterocycles. The molecule has 0 aliphatic carbocycles. The highest BCUT2D eigenvalue weighted by Crippen LogP contribution is 2.31. The Bertz CT molecular complexity index is 506. The molecule has 0 radical (unpaired) electrons. The number of rotatable bonds is 0. The van der Waals surface area contributed by atoms with E-state index >= 15 is 0 Å². The lowest BCUT2D eigenvalue weighted by atomic mass is 10.1. The van der Waals surface area contributed by atoms with Crippen LogP contribution in [0, 0.1) is 13.8 Å². The van der Waals surface area contributed by atoms with Crippen molar-refractivity contribution in [2.24, 2.45) is 0 Å². The van der Waals surface area contributed by atoms with Gasteiger partial charge in [0.15, 0.2) is 11.5 Å². The van der Waals surface area contributed by atoms with Crippen molar-refractivity contribution in [3.8, 4) is 11.5 Å². The van der Waals surface area contributed by atoms with Crippen molar-refractivity contribution in [3.63, 3.8) is 0 Å².